The molecule has 0 atom stereocenters. The van der Waals surface area contributed by atoms with Crippen molar-refractivity contribution in [2.75, 3.05) is 6.54 Å². The van der Waals surface area contributed by atoms with Gasteiger partial charge in [0.2, 0.25) is 0 Å². The van der Waals surface area contributed by atoms with Gasteiger partial charge in [-0.3, -0.25) is 4.79 Å². The molecule has 1 saturated carbocycles. The molecule has 0 aliphatic heterocycles. The maximum Gasteiger partial charge on any atom is 0.315 e. The van der Waals surface area contributed by atoms with Gasteiger partial charge in [0.25, 0.3) is 0 Å². The molecular weight excluding hydrogens is 260 g/mol. The topological polar surface area (TPSA) is 98.7 Å². The van der Waals surface area contributed by atoms with Crippen LogP contribution in [0.5, 0.6) is 0 Å². The van der Waals surface area contributed by atoms with E-state index >= 15 is 0 Å². The summed E-state index contributed by atoms with van der Waals surface area (Å²) in [6.45, 7) is 4.00. The average Bonchev–Trinajstić information content (AvgIpc) is 2.45. The van der Waals surface area contributed by atoms with Crippen molar-refractivity contribution in [2.45, 2.75) is 64.0 Å². The molecule has 0 saturated heterocycles. The monoisotopic (exact) mass is 286 g/mol. The van der Waals surface area contributed by atoms with Gasteiger partial charge >= 0.3 is 12.0 Å². The molecule has 1 fully saturated rings. The largest absolute Gasteiger partial charge is 0.481 e. The summed E-state index contributed by atoms with van der Waals surface area (Å²) in [6.07, 6.45) is 3.77. The van der Waals surface area contributed by atoms with Crippen LogP contribution < -0.4 is 10.6 Å². The molecule has 2 amide bonds. The molecule has 1 rings (SSSR count). The average molecular weight is 286 g/mol. The SMILES string of the molecule is CCC(O)(CC)CNC(=O)NC1CCC(C(=O)O)CC1. The molecule has 116 valence electrons. The van der Waals surface area contributed by atoms with Crippen molar-refractivity contribution in [3.05, 3.63) is 0 Å². The Labute approximate surface area is 119 Å². The third-order valence-electron chi connectivity index (χ3n) is 4.31. The van der Waals surface area contributed by atoms with E-state index in [9.17, 15) is 14.7 Å². The number of carbonyl (C=O) groups excluding carboxylic acids is 1. The van der Waals surface area contributed by atoms with E-state index in [2.05, 4.69) is 10.6 Å². The van der Waals surface area contributed by atoms with Crippen molar-refractivity contribution < 1.29 is 19.8 Å². The lowest BCUT2D eigenvalue weighted by molar-refractivity contribution is -0.142. The number of carboxylic acids is 1. The lowest BCUT2D eigenvalue weighted by Crippen LogP contribution is -2.49. The third kappa shape index (κ3) is 5.00. The minimum Gasteiger partial charge on any atom is -0.481 e. The van der Waals surface area contributed by atoms with Crippen LogP contribution in [0.1, 0.15) is 52.4 Å². The van der Waals surface area contributed by atoms with Gasteiger partial charge in [0, 0.05) is 12.6 Å². The van der Waals surface area contributed by atoms with Crippen molar-refractivity contribution in [3.8, 4) is 0 Å². The van der Waals surface area contributed by atoms with E-state index in [0.29, 0.717) is 38.5 Å². The highest BCUT2D eigenvalue weighted by Crippen LogP contribution is 2.24. The lowest BCUT2D eigenvalue weighted by atomic mass is 9.86. The number of rotatable bonds is 6. The zero-order chi connectivity index (χ0) is 15.2. The molecule has 0 heterocycles. The summed E-state index contributed by atoms with van der Waals surface area (Å²) >= 11 is 0. The molecular formula is C14H26N2O4. The van der Waals surface area contributed by atoms with E-state index in [4.69, 9.17) is 5.11 Å². The van der Waals surface area contributed by atoms with Gasteiger partial charge in [0.1, 0.15) is 0 Å². The normalized spacial score (nSPS) is 23.1. The quantitative estimate of drug-likeness (QED) is 0.594. The lowest BCUT2D eigenvalue weighted by Gasteiger charge is -2.29. The Morgan fingerprint density at radius 1 is 1.15 bits per heavy atom. The fourth-order valence-corrected chi connectivity index (χ4v) is 2.47. The summed E-state index contributed by atoms with van der Waals surface area (Å²) in [7, 11) is 0. The van der Waals surface area contributed by atoms with Gasteiger partial charge in [0.05, 0.1) is 11.5 Å². The van der Waals surface area contributed by atoms with E-state index in [1.165, 1.54) is 0 Å². The highest BCUT2D eigenvalue weighted by atomic mass is 16.4. The summed E-state index contributed by atoms with van der Waals surface area (Å²) in [5.41, 5.74) is -0.849. The number of urea groups is 1. The van der Waals surface area contributed by atoms with Crippen molar-refractivity contribution in [3.63, 3.8) is 0 Å². The first-order valence-electron chi connectivity index (χ1n) is 7.39. The Morgan fingerprint density at radius 3 is 2.15 bits per heavy atom. The number of amides is 2. The van der Waals surface area contributed by atoms with Crippen LogP contribution in [0.2, 0.25) is 0 Å². The molecule has 4 N–H and O–H groups in total. The first kappa shape index (κ1) is 16.8. The van der Waals surface area contributed by atoms with Crippen LogP contribution in [-0.4, -0.2) is 40.4 Å². The molecule has 0 aromatic carbocycles. The summed E-state index contributed by atoms with van der Waals surface area (Å²) in [5.74, 6) is -1.02. The van der Waals surface area contributed by atoms with Crippen LogP contribution in [0.4, 0.5) is 4.79 Å². The van der Waals surface area contributed by atoms with Crippen LogP contribution in [0.3, 0.4) is 0 Å². The molecule has 20 heavy (non-hydrogen) atoms. The van der Waals surface area contributed by atoms with Crippen molar-refractivity contribution in [1.82, 2.24) is 10.6 Å². The number of aliphatic hydroxyl groups is 1. The van der Waals surface area contributed by atoms with E-state index in [1.807, 2.05) is 13.8 Å². The number of nitrogens with one attached hydrogen (secondary N) is 2. The summed E-state index contributed by atoms with van der Waals surface area (Å²) in [5, 5.41) is 24.5. The Hall–Kier alpha value is -1.30. The first-order valence-corrected chi connectivity index (χ1v) is 7.39. The molecule has 0 unspecified atom stereocenters. The molecule has 0 aromatic heterocycles. The second-order valence-corrected chi connectivity index (χ2v) is 5.65. The van der Waals surface area contributed by atoms with Crippen molar-refractivity contribution in [1.29, 1.82) is 0 Å². The predicted molar refractivity (Wildman–Crippen MR) is 75.4 cm³/mol. The van der Waals surface area contributed by atoms with Gasteiger partial charge in [-0.05, 0) is 38.5 Å². The summed E-state index contributed by atoms with van der Waals surface area (Å²) in [6, 6.07) is -0.258. The fourth-order valence-electron chi connectivity index (χ4n) is 2.47. The summed E-state index contributed by atoms with van der Waals surface area (Å²) < 4.78 is 0. The standard InChI is InChI=1S/C14H26N2O4/c1-3-14(20,4-2)9-15-13(19)16-11-7-5-10(6-8-11)12(17)18/h10-11,20H,3-9H2,1-2H3,(H,17,18)(H2,15,16,19). The Bertz CT molecular complexity index is 334. The number of carboxylic acid groups (broad SMARTS) is 1. The fraction of sp³-hybridized carbons (Fsp3) is 0.857. The van der Waals surface area contributed by atoms with Gasteiger partial charge in [-0.15, -0.1) is 0 Å². The second-order valence-electron chi connectivity index (χ2n) is 5.65. The molecule has 6 nitrogen and oxygen atoms in total. The highest BCUT2D eigenvalue weighted by molar-refractivity contribution is 5.74. The zero-order valence-corrected chi connectivity index (χ0v) is 12.3. The second kappa shape index (κ2) is 7.47. The molecule has 0 aromatic rings. The third-order valence-corrected chi connectivity index (χ3v) is 4.31. The van der Waals surface area contributed by atoms with Gasteiger partial charge in [0.15, 0.2) is 0 Å². The minimum atomic E-state index is -0.849. The van der Waals surface area contributed by atoms with Crippen LogP contribution in [-0.2, 0) is 4.79 Å². The van der Waals surface area contributed by atoms with E-state index in [0.717, 1.165) is 0 Å². The summed E-state index contributed by atoms with van der Waals surface area (Å²) in [4.78, 5) is 22.6. The molecule has 0 bridgehead atoms. The van der Waals surface area contributed by atoms with Crippen molar-refractivity contribution in [2.24, 2.45) is 5.92 Å². The number of hydrogen-bond acceptors (Lipinski definition) is 3. The smallest absolute Gasteiger partial charge is 0.315 e. The minimum absolute atomic E-state index is 0.0296. The van der Waals surface area contributed by atoms with Crippen LogP contribution in [0.15, 0.2) is 0 Å². The van der Waals surface area contributed by atoms with E-state index in [-0.39, 0.29) is 24.5 Å². The van der Waals surface area contributed by atoms with Crippen LogP contribution in [0, 0.1) is 5.92 Å². The Morgan fingerprint density at radius 2 is 1.70 bits per heavy atom. The van der Waals surface area contributed by atoms with Crippen LogP contribution >= 0.6 is 0 Å². The molecule has 0 spiro atoms. The number of carbonyl (C=O) groups is 2. The van der Waals surface area contributed by atoms with Gasteiger partial charge < -0.3 is 20.8 Å². The highest BCUT2D eigenvalue weighted by Gasteiger charge is 2.27. The van der Waals surface area contributed by atoms with Gasteiger partial charge in [-0.25, -0.2) is 4.79 Å². The maximum absolute atomic E-state index is 11.8. The van der Waals surface area contributed by atoms with E-state index in [1.54, 1.807) is 0 Å². The van der Waals surface area contributed by atoms with Crippen molar-refractivity contribution >= 4 is 12.0 Å². The van der Waals surface area contributed by atoms with Crippen LogP contribution in [0.25, 0.3) is 0 Å². The zero-order valence-electron chi connectivity index (χ0n) is 12.3. The maximum atomic E-state index is 11.8. The van der Waals surface area contributed by atoms with Gasteiger partial charge in [-0.1, -0.05) is 13.8 Å². The molecule has 6 heteroatoms. The number of aliphatic carboxylic acids is 1. The predicted octanol–water partition coefficient (Wildman–Crippen LogP) is 1.48. The Balaban J connectivity index is 2.28. The van der Waals surface area contributed by atoms with E-state index < -0.39 is 11.6 Å². The molecule has 1 aliphatic rings. The Kier molecular flexibility index (Phi) is 6.26. The van der Waals surface area contributed by atoms with Gasteiger partial charge in [-0.2, -0.15) is 0 Å². The molecule has 1 aliphatic carbocycles. The first-order chi connectivity index (χ1) is 9.40. The molecule has 0 radical (unpaired) electrons. The number of hydrogen-bond donors (Lipinski definition) is 4.